The lowest BCUT2D eigenvalue weighted by Gasteiger charge is -2.13. The average Bonchev–Trinajstić information content (AvgIpc) is 3.20. The fourth-order valence-electron chi connectivity index (χ4n) is 4.19. The molecule has 2 N–H and O–H groups in total. The summed E-state index contributed by atoms with van der Waals surface area (Å²) >= 11 is 1.39. The van der Waals surface area contributed by atoms with Crippen LogP contribution in [-0.4, -0.2) is 33.7 Å². The van der Waals surface area contributed by atoms with Crippen LogP contribution in [-0.2, 0) is 22.6 Å². The standard InChI is InChI=1S/C28H30N4O2S/c1-19-15-20(2)27(21(3)16-19)31-25(33)17-29-26(34)18-35-28-30-23-11-7-8-12-24(23)32(28)14-13-22-9-5-4-6-10-22/h4-12,15-16H,13-14,17-18H2,1-3H3,(H,29,34)(H,31,33). The SMILES string of the molecule is Cc1cc(C)c(NC(=O)CNC(=O)CSc2nc3ccccc3n2CCc2ccccc2)c(C)c1. The molecule has 1 heterocycles. The maximum atomic E-state index is 12.5. The summed E-state index contributed by atoms with van der Waals surface area (Å²) in [7, 11) is 0. The molecule has 4 aromatic rings. The van der Waals surface area contributed by atoms with Crippen LogP contribution in [0.4, 0.5) is 5.69 Å². The third-order valence-electron chi connectivity index (χ3n) is 5.81. The quantitative estimate of drug-likeness (QED) is 0.325. The van der Waals surface area contributed by atoms with Gasteiger partial charge in [0.2, 0.25) is 11.8 Å². The molecule has 0 saturated heterocycles. The molecule has 3 aromatic carbocycles. The van der Waals surface area contributed by atoms with Crippen LogP contribution in [0, 0.1) is 20.8 Å². The summed E-state index contributed by atoms with van der Waals surface area (Å²) in [6, 6.07) is 22.4. The van der Waals surface area contributed by atoms with E-state index in [-0.39, 0.29) is 24.1 Å². The lowest BCUT2D eigenvalue weighted by molar-refractivity contribution is -0.122. The van der Waals surface area contributed by atoms with Crippen LogP contribution in [0.3, 0.4) is 0 Å². The van der Waals surface area contributed by atoms with Crippen molar-refractivity contribution in [3.05, 3.63) is 89.0 Å². The van der Waals surface area contributed by atoms with Crippen molar-refractivity contribution in [2.24, 2.45) is 0 Å². The summed E-state index contributed by atoms with van der Waals surface area (Å²) in [5.41, 5.74) is 7.18. The zero-order valence-electron chi connectivity index (χ0n) is 20.3. The number of amides is 2. The fourth-order valence-corrected chi connectivity index (χ4v) is 5.06. The highest BCUT2D eigenvalue weighted by Gasteiger charge is 2.14. The van der Waals surface area contributed by atoms with Crippen molar-refractivity contribution < 1.29 is 9.59 Å². The van der Waals surface area contributed by atoms with E-state index in [1.54, 1.807) is 0 Å². The van der Waals surface area contributed by atoms with E-state index in [9.17, 15) is 9.59 Å². The van der Waals surface area contributed by atoms with Crippen LogP contribution in [0.25, 0.3) is 11.0 Å². The summed E-state index contributed by atoms with van der Waals surface area (Å²) in [5.74, 6) is -0.262. The number of aryl methyl sites for hydroxylation is 5. The van der Waals surface area contributed by atoms with Crippen LogP contribution >= 0.6 is 11.8 Å². The van der Waals surface area contributed by atoms with Crippen molar-refractivity contribution in [2.75, 3.05) is 17.6 Å². The number of carbonyl (C=O) groups is 2. The van der Waals surface area contributed by atoms with Gasteiger partial charge < -0.3 is 15.2 Å². The Kier molecular flexibility index (Phi) is 7.87. The Morgan fingerprint density at radius 2 is 1.60 bits per heavy atom. The third-order valence-corrected chi connectivity index (χ3v) is 6.78. The summed E-state index contributed by atoms with van der Waals surface area (Å²) in [4.78, 5) is 29.7. The minimum atomic E-state index is -0.242. The number of thioether (sulfide) groups is 1. The number of nitrogens with one attached hydrogen (secondary N) is 2. The molecule has 2 amide bonds. The number of benzene rings is 3. The maximum Gasteiger partial charge on any atom is 0.243 e. The Morgan fingerprint density at radius 3 is 2.34 bits per heavy atom. The molecule has 6 nitrogen and oxygen atoms in total. The average molecular weight is 487 g/mol. The second-order valence-corrected chi connectivity index (χ2v) is 9.60. The Morgan fingerprint density at radius 1 is 0.914 bits per heavy atom. The molecule has 1 aromatic heterocycles. The van der Waals surface area contributed by atoms with Crippen molar-refractivity contribution in [1.82, 2.24) is 14.9 Å². The molecule has 0 aliphatic carbocycles. The van der Waals surface area contributed by atoms with E-state index in [2.05, 4.69) is 33.4 Å². The summed E-state index contributed by atoms with van der Waals surface area (Å²) in [5, 5.41) is 6.44. The topological polar surface area (TPSA) is 76.0 Å². The van der Waals surface area contributed by atoms with E-state index < -0.39 is 0 Å². The van der Waals surface area contributed by atoms with Gasteiger partial charge >= 0.3 is 0 Å². The molecule has 0 unspecified atom stereocenters. The van der Waals surface area contributed by atoms with Gasteiger partial charge in [-0.3, -0.25) is 9.59 Å². The molecule has 180 valence electrons. The lowest BCUT2D eigenvalue weighted by atomic mass is 10.1. The third kappa shape index (κ3) is 6.31. The fraction of sp³-hybridized carbons (Fsp3) is 0.250. The minimum absolute atomic E-state index is 0.0728. The summed E-state index contributed by atoms with van der Waals surface area (Å²) < 4.78 is 2.16. The highest BCUT2D eigenvalue weighted by atomic mass is 32.2. The van der Waals surface area contributed by atoms with Gasteiger partial charge in [0.1, 0.15) is 0 Å². The number of rotatable bonds is 9. The molecule has 0 fully saturated rings. The predicted molar refractivity (Wildman–Crippen MR) is 143 cm³/mol. The molecule has 0 aliphatic heterocycles. The molecule has 0 spiro atoms. The number of fused-ring (bicyclic) bond motifs is 1. The number of para-hydroxylation sites is 2. The van der Waals surface area contributed by atoms with Crippen molar-refractivity contribution in [1.29, 1.82) is 0 Å². The number of carbonyl (C=O) groups excluding carboxylic acids is 2. The Balaban J connectivity index is 1.35. The van der Waals surface area contributed by atoms with E-state index in [1.165, 1.54) is 17.3 Å². The number of aromatic nitrogens is 2. The zero-order valence-corrected chi connectivity index (χ0v) is 21.1. The van der Waals surface area contributed by atoms with Crippen molar-refractivity contribution in [3.8, 4) is 0 Å². The Labute approximate surface area is 210 Å². The first-order valence-corrected chi connectivity index (χ1v) is 12.7. The van der Waals surface area contributed by atoms with Gasteiger partial charge in [0.25, 0.3) is 0 Å². The minimum Gasteiger partial charge on any atom is -0.346 e. The highest BCUT2D eigenvalue weighted by molar-refractivity contribution is 7.99. The monoisotopic (exact) mass is 486 g/mol. The van der Waals surface area contributed by atoms with Gasteiger partial charge in [-0.1, -0.05) is 71.9 Å². The highest BCUT2D eigenvalue weighted by Crippen LogP contribution is 2.25. The summed E-state index contributed by atoms with van der Waals surface area (Å²) in [6.45, 7) is 6.66. The molecule has 0 atom stereocenters. The maximum absolute atomic E-state index is 12.5. The Bertz CT molecular complexity index is 1320. The smallest absolute Gasteiger partial charge is 0.243 e. The number of anilines is 1. The zero-order chi connectivity index (χ0) is 24.8. The molecule has 0 radical (unpaired) electrons. The number of hydrogen-bond donors (Lipinski definition) is 2. The molecule has 7 heteroatoms. The van der Waals surface area contributed by atoms with Gasteiger partial charge in [0, 0.05) is 12.2 Å². The second kappa shape index (κ2) is 11.2. The van der Waals surface area contributed by atoms with Crippen molar-refractivity contribution >= 4 is 40.3 Å². The van der Waals surface area contributed by atoms with Gasteiger partial charge in [0.05, 0.1) is 23.3 Å². The molecule has 35 heavy (non-hydrogen) atoms. The first kappa shape index (κ1) is 24.5. The van der Waals surface area contributed by atoms with Crippen LogP contribution in [0.5, 0.6) is 0 Å². The summed E-state index contributed by atoms with van der Waals surface area (Å²) in [6.07, 6.45) is 0.874. The molecule has 0 bridgehead atoms. The van der Waals surface area contributed by atoms with E-state index in [4.69, 9.17) is 4.98 Å². The Hall–Kier alpha value is -3.58. The van der Waals surface area contributed by atoms with Gasteiger partial charge in [-0.05, 0) is 56.0 Å². The van der Waals surface area contributed by atoms with Crippen LogP contribution < -0.4 is 10.6 Å². The van der Waals surface area contributed by atoms with Crippen LogP contribution in [0.2, 0.25) is 0 Å². The van der Waals surface area contributed by atoms with E-state index >= 15 is 0 Å². The number of imidazole rings is 1. The van der Waals surface area contributed by atoms with Gasteiger partial charge in [-0.25, -0.2) is 4.98 Å². The predicted octanol–water partition coefficient (Wildman–Crippen LogP) is 5.05. The first-order chi connectivity index (χ1) is 16.9. The van der Waals surface area contributed by atoms with E-state index in [0.717, 1.165) is 51.5 Å². The lowest BCUT2D eigenvalue weighted by Crippen LogP contribution is -2.34. The second-order valence-electron chi connectivity index (χ2n) is 8.66. The number of nitrogens with zero attached hydrogens (tertiary/aromatic N) is 2. The first-order valence-electron chi connectivity index (χ1n) is 11.7. The molecular formula is C28H30N4O2S. The van der Waals surface area contributed by atoms with E-state index in [1.807, 2.05) is 69.3 Å². The largest absolute Gasteiger partial charge is 0.346 e. The van der Waals surface area contributed by atoms with E-state index in [0.29, 0.717) is 0 Å². The van der Waals surface area contributed by atoms with Gasteiger partial charge in [-0.2, -0.15) is 0 Å². The van der Waals surface area contributed by atoms with Crippen molar-refractivity contribution in [3.63, 3.8) is 0 Å². The van der Waals surface area contributed by atoms with Crippen molar-refractivity contribution in [2.45, 2.75) is 38.9 Å². The van der Waals surface area contributed by atoms with Crippen LogP contribution in [0.1, 0.15) is 22.3 Å². The molecular weight excluding hydrogens is 456 g/mol. The van der Waals surface area contributed by atoms with Gasteiger partial charge in [-0.15, -0.1) is 0 Å². The number of hydrogen-bond acceptors (Lipinski definition) is 4. The molecule has 0 saturated carbocycles. The van der Waals surface area contributed by atoms with Gasteiger partial charge in [0.15, 0.2) is 5.16 Å². The molecule has 0 aliphatic rings. The normalized spacial score (nSPS) is 10.9. The molecule has 4 rings (SSSR count). The van der Waals surface area contributed by atoms with Crippen LogP contribution in [0.15, 0.2) is 71.9 Å².